The van der Waals surface area contributed by atoms with Crippen LogP contribution in [0.5, 0.6) is 5.75 Å². The Morgan fingerprint density at radius 2 is 1.00 bits per heavy atom. The molecule has 2 unspecified atom stereocenters. The van der Waals surface area contributed by atoms with Crippen LogP contribution in [0.1, 0.15) is 141 Å². The number of rotatable bonds is 16. The Kier molecular flexibility index (Phi) is 13.4. The van der Waals surface area contributed by atoms with Gasteiger partial charge in [-0.15, -0.1) is 0 Å². The van der Waals surface area contributed by atoms with E-state index in [4.69, 9.17) is 0 Å². The second-order valence-corrected chi connectivity index (χ2v) is 8.70. The van der Waals surface area contributed by atoms with Crippen LogP contribution in [0.15, 0.2) is 18.2 Å². The van der Waals surface area contributed by atoms with Gasteiger partial charge in [0.05, 0.1) is 0 Å². The fourth-order valence-electron chi connectivity index (χ4n) is 4.15. The SMILES string of the molecule is CCCCCCCCC(C)c1cccc(C(C)CCCCCCCC)c1O. The summed E-state index contributed by atoms with van der Waals surface area (Å²) in [5.41, 5.74) is 2.33. The summed E-state index contributed by atoms with van der Waals surface area (Å²) in [5, 5.41) is 10.9. The van der Waals surface area contributed by atoms with Crippen molar-refractivity contribution in [3.63, 3.8) is 0 Å². The summed E-state index contributed by atoms with van der Waals surface area (Å²) in [4.78, 5) is 0. The molecule has 0 spiro atoms. The van der Waals surface area contributed by atoms with E-state index in [-0.39, 0.29) is 0 Å². The van der Waals surface area contributed by atoms with E-state index in [9.17, 15) is 5.11 Å². The van der Waals surface area contributed by atoms with Gasteiger partial charge in [-0.05, 0) is 35.8 Å². The molecule has 0 aliphatic heterocycles. The third kappa shape index (κ3) is 9.67. The fraction of sp³-hybridized carbons (Fsp3) is 0.769. The van der Waals surface area contributed by atoms with Gasteiger partial charge >= 0.3 is 0 Å². The molecule has 0 radical (unpaired) electrons. The van der Waals surface area contributed by atoms with Gasteiger partial charge in [-0.25, -0.2) is 0 Å². The minimum Gasteiger partial charge on any atom is -0.507 e. The number of hydrogen-bond donors (Lipinski definition) is 1. The van der Waals surface area contributed by atoms with Crippen LogP contribution >= 0.6 is 0 Å². The highest BCUT2D eigenvalue weighted by molar-refractivity contribution is 5.44. The Labute approximate surface area is 170 Å². The Morgan fingerprint density at radius 3 is 1.41 bits per heavy atom. The molecule has 0 saturated carbocycles. The average molecular weight is 375 g/mol. The molecule has 0 heterocycles. The molecule has 1 N–H and O–H groups in total. The normalized spacial score (nSPS) is 13.6. The summed E-state index contributed by atoms with van der Waals surface area (Å²) in [6.07, 6.45) is 18.4. The minimum absolute atomic E-state index is 0.456. The lowest BCUT2D eigenvalue weighted by Gasteiger charge is -2.19. The van der Waals surface area contributed by atoms with Crippen molar-refractivity contribution < 1.29 is 5.11 Å². The highest BCUT2D eigenvalue weighted by Crippen LogP contribution is 2.37. The predicted octanol–water partition coefficient (Wildman–Crippen LogP) is 9.10. The largest absolute Gasteiger partial charge is 0.507 e. The summed E-state index contributed by atoms with van der Waals surface area (Å²) in [6, 6.07) is 6.43. The number of hydrogen-bond acceptors (Lipinski definition) is 1. The molecule has 0 amide bonds. The van der Waals surface area contributed by atoms with Crippen molar-refractivity contribution in [1.82, 2.24) is 0 Å². The zero-order chi connectivity index (χ0) is 19.9. The number of unbranched alkanes of at least 4 members (excludes halogenated alkanes) is 10. The van der Waals surface area contributed by atoms with Crippen molar-refractivity contribution >= 4 is 0 Å². The molecule has 1 aromatic rings. The fourth-order valence-corrected chi connectivity index (χ4v) is 4.15. The molecule has 0 aromatic heterocycles. The topological polar surface area (TPSA) is 20.2 Å². The third-order valence-electron chi connectivity index (χ3n) is 6.14. The second kappa shape index (κ2) is 15.0. The van der Waals surface area contributed by atoms with Crippen molar-refractivity contribution in [2.75, 3.05) is 0 Å². The molecular weight excluding hydrogens is 328 g/mol. The van der Waals surface area contributed by atoms with E-state index in [1.165, 1.54) is 89.9 Å². The maximum absolute atomic E-state index is 10.9. The monoisotopic (exact) mass is 374 g/mol. The Balaban J connectivity index is 2.44. The van der Waals surface area contributed by atoms with Gasteiger partial charge in [-0.2, -0.15) is 0 Å². The first-order valence-corrected chi connectivity index (χ1v) is 11.9. The van der Waals surface area contributed by atoms with E-state index in [1.807, 2.05) is 0 Å². The average Bonchev–Trinajstić information content (AvgIpc) is 2.67. The van der Waals surface area contributed by atoms with Gasteiger partial charge in [0.2, 0.25) is 0 Å². The first-order chi connectivity index (χ1) is 13.1. The van der Waals surface area contributed by atoms with Gasteiger partial charge in [0.1, 0.15) is 5.75 Å². The molecule has 156 valence electrons. The first kappa shape index (κ1) is 24.1. The highest BCUT2D eigenvalue weighted by atomic mass is 16.3. The number of benzene rings is 1. The van der Waals surface area contributed by atoms with Gasteiger partial charge in [0.25, 0.3) is 0 Å². The van der Waals surface area contributed by atoms with Crippen molar-refractivity contribution in [1.29, 1.82) is 0 Å². The Hall–Kier alpha value is -0.980. The lowest BCUT2D eigenvalue weighted by atomic mass is 9.87. The van der Waals surface area contributed by atoms with E-state index in [1.54, 1.807) is 0 Å². The summed E-state index contributed by atoms with van der Waals surface area (Å²) in [7, 11) is 0. The van der Waals surface area contributed by atoms with Crippen molar-refractivity contribution in [3.05, 3.63) is 29.3 Å². The Morgan fingerprint density at radius 1 is 0.630 bits per heavy atom. The quantitative estimate of drug-likeness (QED) is 0.286. The van der Waals surface area contributed by atoms with Crippen LogP contribution in [0, 0.1) is 0 Å². The lowest BCUT2D eigenvalue weighted by molar-refractivity contribution is 0.441. The maximum Gasteiger partial charge on any atom is 0.122 e. The van der Waals surface area contributed by atoms with Crippen LogP contribution in [0.4, 0.5) is 0 Å². The molecule has 1 heteroatoms. The van der Waals surface area contributed by atoms with Crippen LogP contribution in [0.2, 0.25) is 0 Å². The van der Waals surface area contributed by atoms with Crippen molar-refractivity contribution in [3.8, 4) is 5.75 Å². The van der Waals surface area contributed by atoms with Gasteiger partial charge in [-0.3, -0.25) is 0 Å². The number of phenols is 1. The minimum atomic E-state index is 0.456. The first-order valence-electron chi connectivity index (χ1n) is 11.9. The molecule has 1 aromatic carbocycles. The summed E-state index contributed by atoms with van der Waals surface area (Å²) >= 11 is 0. The summed E-state index contributed by atoms with van der Waals surface area (Å²) in [6.45, 7) is 9.10. The van der Waals surface area contributed by atoms with Gasteiger partial charge < -0.3 is 5.11 Å². The molecule has 0 bridgehead atoms. The molecule has 1 nitrogen and oxygen atoms in total. The predicted molar refractivity (Wildman–Crippen MR) is 121 cm³/mol. The van der Waals surface area contributed by atoms with Gasteiger partial charge in [-0.1, -0.05) is 123 Å². The molecule has 0 aliphatic carbocycles. The van der Waals surface area contributed by atoms with E-state index < -0.39 is 0 Å². The van der Waals surface area contributed by atoms with Crippen LogP contribution < -0.4 is 0 Å². The van der Waals surface area contributed by atoms with Gasteiger partial charge in [0, 0.05) is 0 Å². The zero-order valence-electron chi connectivity index (χ0n) is 18.7. The van der Waals surface area contributed by atoms with E-state index in [0.717, 1.165) is 11.1 Å². The molecule has 1 rings (SSSR count). The maximum atomic E-state index is 10.9. The van der Waals surface area contributed by atoms with Gasteiger partial charge in [0.15, 0.2) is 0 Å². The molecule has 27 heavy (non-hydrogen) atoms. The van der Waals surface area contributed by atoms with Crippen molar-refractivity contribution in [2.24, 2.45) is 0 Å². The number of phenolic OH excluding ortho intramolecular Hbond substituents is 1. The van der Waals surface area contributed by atoms with Crippen LogP contribution in [-0.2, 0) is 0 Å². The molecular formula is C26H46O. The molecule has 2 atom stereocenters. The number of para-hydroxylation sites is 1. The van der Waals surface area contributed by atoms with E-state index >= 15 is 0 Å². The highest BCUT2D eigenvalue weighted by Gasteiger charge is 2.16. The standard InChI is InChI=1S/C26H46O/c1-5-7-9-11-13-15-18-22(3)24-20-17-21-25(26(24)27)23(4)19-16-14-12-10-8-6-2/h17,20-23,27H,5-16,18-19H2,1-4H3. The van der Waals surface area contributed by atoms with Crippen LogP contribution in [-0.4, -0.2) is 5.11 Å². The lowest BCUT2D eigenvalue weighted by Crippen LogP contribution is -2.00. The molecule has 0 saturated heterocycles. The van der Waals surface area contributed by atoms with Crippen LogP contribution in [0.3, 0.4) is 0 Å². The summed E-state index contributed by atoms with van der Waals surface area (Å²) in [5.74, 6) is 1.49. The third-order valence-corrected chi connectivity index (χ3v) is 6.14. The summed E-state index contributed by atoms with van der Waals surface area (Å²) < 4.78 is 0. The Bertz CT molecular complexity index is 439. The zero-order valence-corrected chi connectivity index (χ0v) is 18.7. The van der Waals surface area contributed by atoms with E-state index in [0.29, 0.717) is 17.6 Å². The second-order valence-electron chi connectivity index (χ2n) is 8.70. The smallest absolute Gasteiger partial charge is 0.122 e. The van der Waals surface area contributed by atoms with Crippen LogP contribution in [0.25, 0.3) is 0 Å². The van der Waals surface area contributed by atoms with E-state index in [2.05, 4.69) is 45.9 Å². The molecule has 0 fully saturated rings. The number of aromatic hydroxyl groups is 1. The van der Waals surface area contributed by atoms with Crippen molar-refractivity contribution in [2.45, 2.75) is 129 Å². The molecule has 0 aliphatic rings.